The van der Waals surface area contributed by atoms with E-state index in [1.807, 2.05) is 0 Å². The molecule has 0 aliphatic heterocycles. The van der Waals surface area contributed by atoms with Gasteiger partial charge in [0.25, 0.3) is 0 Å². The summed E-state index contributed by atoms with van der Waals surface area (Å²) in [6.07, 6.45) is 0. The quantitative estimate of drug-likeness (QED) is 0.453. The van der Waals surface area contributed by atoms with Gasteiger partial charge in [-0.1, -0.05) is 0 Å². The summed E-state index contributed by atoms with van der Waals surface area (Å²) < 4.78 is 4.30. The van der Waals surface area contributed by atoms with Crippen LogP contribution < -0.4 is 11.1 Å². The van der Waals surface area contributed by atoms with Crippen molar-refractivity contribution in [2.45, 2.75) is 13.0 Å². The molecule has 0 aliphatic carbocycles. The van der Waals surface area contributed by atoms with Crippen molar-refractivity contribution in [2.24, 2.45) is 5.73 Å². The number of carbonyl (C=O) groups excluding carboxylic acids is 3. The van der Waals surface area contributed by atoms with Gasteiger partial charge in [0.2, 0.25) is 5.91 Å². The smallest absolute Gasteiger partial charge is 0.336 e. The van der Waals surface area contributed by atoms with Crippen LogP contribution in [-0.2, 0) is 19.1 Å². The number of nitrogens with two attached hydrogens (primary N) is 1. The summed E-state index contributed by atoms with van der Waals surface area (Å²) in [6, 6.07) is -1.25. The Balaban J connectivity index is 0. The molecule has 0 aromatic heterocycles. The van der Waals surface area contributed by atoms with Crippen molar-refractivity contribution in [3.63, 3.8) is 0 Å². The molecule has 6 nitrogen and oxygen atoms in total. The van der Waals surface area contributed by atoms with Crippen LogP contribution in [0.15, 0.2) is 0 Å². The lowest BCUT2D eigenvalue weighted by Crippen LogP contribution is -2.48. The van der Waals surface area contributed by atoms with Gasteiger partial charge in [-0.25, -0.2) is 4.79 Å². The van der Waals surface area contributed by atoms with Crippen LogP contribution in [0.25, 0.3) is 0 Å². The number of nitrogens with one attached hydrogen (secondary N) is 1. The number of Topliss-reactive ketones (excluding diaryl/α,β-unsaturated/α-hetero) is 1. The van der Waals surface area contributed by atoms with Gasteiger partial charge in [-0.15, -0.1) is 12.4 Å². The molecule has 0 unspecified atom stereocenters. The van der Waals surface area contributed by atoms with E-state index in [9.17, 15) is 14.4 Å². The van der Waals surface area contributed by atoms with Crippen molar-refractivity contribution < 1.29 is 19.1 Å². The molecule has 0 bridgehead atoms. The number of halogens is 1. The average Bonchev–Trinajstić information content (AvgIpc) is 2.11. The lowest BCUT2D eigenvalue weighted by atomic mass is 10.2. The number of ketones is 1. The standard InChI is InChI=1S/C7H12N2O4.ClH/c1-4(10)6(7(12)13-2)9-5(11)3-8;/h6H,3,8H2,1-2H3,(H,9,11);1H/t6-;/m0./s1. The third-order valence-corrected chi connectivity index (χ3v) is 1.33. The second kappa shape index (κ2) is 7.28. The zero-order valence-electron chi connectivity index (χ0n) is 7.90. The lowest BCUT2D eigenvalue weighted by molar-refractivity contribution is -0.148. The Hall–Kier alpha value is -1.14. The molecule has 0 aliphatic rings. The van der Waals surface area contributed by atoms with E-state index in [2.05, 4.69) is 10.1 Å². The molecule has 0 radical (unpaired) electrons. The van der Waals surface area contributed by atoms with Crippen LogP contribution in [0.3, 0.4) is 0 Å². The SMILES string of the molecule is COC(=O)[C@@H](NC(=O)CN)C(C)=O.Cl. The molecule has 0 saturated carbocycles. The molecule has 0 aromatic rings. The third kappa shape index (κ3) is 4.78. The molecule has 1 amide bonds. The van der Waals surface area contributed by atoms with Gasteiger partial charge in [0.15, 0.2) is 11.8 Å². The number of ether oxygens (including phenoxy) is 1. The highest BCUT2D eigenvalue weighted by Gasteiger charge is 2.25. The van der Waals surface area contributed by atoms with Gasteiger partial charge in [0.05, 0.1) is 13.7 Å². The Labute approximate surface area is 87.6 Å². The summed E-state index contributed by atoms with van der Waals surface area (Å²) in [5.41, 5.74) is 4.99. The van der Waals surface area contributed by atoms with Gasteiger partial charge in [-0.3, -0.25) is 9.59 Å². The summed E-state index contributed by atoms with van der Waals surface area (Å²) in [6.45, 7) is 0.902. The van der Waals surface area contributed by atoms with Crippen molar-refractivity contribution in [3.05, 3.63) is 0 Å². The van der Waals surface area contributed by atoms with E-state index >= 15 is 0 Å². The normalized spacial score (nSPS) is 10.8. The number of hydrogen-bond acceptors (Lipinski definition) is 5. The number of hydrogen-bond donors (Lipinski definition) is 2. The monoisotopic (exact) mass is 224 g/mol. The van der Waals surface area contributed by atoms with Crippen molar-refractivity contribution in [1.82, 2.24) is 5.32 Å². The molecule has 0 rings (SSSR count). The Morgan fingerprint density at radius 2 is 1.93 bits per heavy atom. The first-order chi connectivity index (χ1) is 6.02. The zero-order chi connectivity index (χ0) is 10.4. The Morgan fingerprint density at radius 3 is 2.21 bits per heavy atom. The summed E-state index contributed by atoms with van der Waals surface area (Å²) in [5.74, 6) is -1.87. The minimum absolute atomic E-state index is 0. The molecular formula is C7H13ClN2O4. The van der Waals surface area contributed by atoms with Gasteiger partial charge < -0.3 is 15.8 Å². The highest BCUT2D eigenvalue weighted by molar-refractivity contribution is 6.04. The minimum Gasteiger partial charge on any atom is -0.467 e. The van der Waals surface area contributed by atoms with Crippen LogP contribution in [-0.4, -0.2) is 37.4 Å². The molecule has 0 spiro atoms. The number of carbonyl (C=O) groups is 3. The van der Waals surface area contributed by atoms with Crippen LogP contribution in [0.1, 0.15) is 6.92 Å². The maximum Gasteiger partial charge on any atom is 0.336 e. The van der Waals surface area contributed by atoms with E-state index in [4.69, 9.17) is 5.73 Å². The Bertz CT molecular complexity index is 232. The molecule has 0 saturated heterocycles. The van der Waals surface area contributed by atoms with Crippen molar-refractivity contribution in [1.29, 1.82) is 0 Å². The number of methoxy groups -OCH3 is 1. The average molecular weight is 225 g/mol. The molecule has 0 fully saturated rings. The summed E-state index contributed by atoms with van der Waals surface area (Å²) in [5, 5.41) is 2.13. The van der Waals surface area contributed by atoms with Gasteiger partial charge >= 0.3 is 5.97 Å². The van der Waals surface area contributed by atoms with Gasteiger partial charge in [0.1, 0.15) is 0 Å². The van der Waals surface area contributed by atoms with E-state index in [1.165, 1.54) is 6.92 Å². The van der Waals surface area contributed by atoms with Crippen molar-refractivity contribution >= 4 is 30.1 Å². The minimum atomic E-state index is -1.25. The van der Waals surface area contributed by atoms with E-state index in [0.29, 0.717) is 0 Å². The van der Waals surface area contributed by atoms with Crippen LogP contribution >= 0.6 is 12.4 Å². The van der Waals surface area contributed by atoms with Gasteiger partial charge in [-0.2, -0.15) is 0 Å². The van der Waals surface area contributed by atoms with Crippen LogP contribution in [0, 0.1) is 0 Å². The first-order valence-electron chi connectivity index (χ1n) is 3.60. The summed E-state index contributed by atoms with van der Waals surface area (Å²) in [4.78, 5) is 32.5. The predicted molar refractivity (Wildman–Crippen MR) is 50.9 cm³/mol. The second-order valence-electron chi connectivity index (χ2n) is 2.34. The number of esters is 1. The predicted octanol–water partition coefficient (Wildman–Crippen LogP) is -1.39. The highest BCUT2D eigenvalue weighted by Crippen LogP contribution is 1.89. The molecule has 7 heteroatoms. The van der Waals surface area contributed by atoms with E-state index in [0.717, 1.165) is 7.11 Å². The van der Waals surface area contributed by atoms with E-state index in [1.54, 1.807) is 0 Å². The largest absolute Gasteiger partial charge is 0.467 e. The fraction of sp³-hybridized carbons (Fsp3) is 0.571. The molecule has 14 heavy (non-hydrogen) atoms. The van der Waals surface area contributed by atoms with E-state index < -0.39 is 23.7 Å². The fourth-order valence-corrected chi connectivity index (χ4v) is 0.664. The summed E-state index contributed by atoms with van der Waals surface area (Å²) in [7, 11) is 1.13. The number of rotatable bonds is 4. The second-order valence-corrected chi connectivity index (χ2v) is 2.34. The molecule has 3 N–H and O–H groups in total. The first kappa shape index (κ1) is 15.3. The van der Waals surface area contributed by atoms with Gasteiger partial charge in [0, 0.05) is 0 Å². The van der Waals surface area contributed by atoms with Crippen LogP contribution in [0.2, 0.25) is 0 Å². The third-order valence-electron chi connectivity index (χ3n) is 1.33. The van der Waals surface area contributed by atoms with E-state index in [-0.39, 0.29) is 19.0 Å². The zero-order valence-corrected chi connectivity index (χ0v) is 8.72. The lowest BCUT2D eigenvalue weighted by Gasteiger charge is -2.12. The molecule has 82 valence electrons. The maximum atomic E-state index is 10.9. The molecule has 0 aromatic carbocycles. The topological polar surface area (TPSA) is 98.5 Å². The molecule has 1 atom stereocenters. The molecular weight excluding hydrogens is 212 g/mol. The maximum absolute atomic E-state index is 10.9. The highest BCUT2D eigenvalue weighted by atomic mass is 35.5. The molecule has 0 heterocycles. The number of amides is 1. The fourth-order valence-electron chi connectivity index (χ4n) is 0.664. The summed E-state index contributed by atoms with van der Waals surface area (Å²) >= 11 is 0. The Kier molecular flexibility index (Phi) is 7.98. The van der Waals surface area contributed by atoms with Crippen LogP contribution in [0.4, 0.5) is 0 Å². The Morgan fingerprint density at radius 1 is 1.43 bits per heavy atom. The van der Waals surface area contributed by atoms with Crippen molar-refractivity contribution in [2.75, 3.05) is 13.7 Å². The van der Waals surface area contributed by atoms with Crippen molar-refractivity contribution in [3.8, 4) is 0 Å². The van der Waals surface area contributed by atoms with Crippen LogP contribution in [0.5, 0.6) is 0 Å². The van der Waals surface area contributed by atoms with Gasteiger partial charge in [-0.05, 0) is 6.92 Å². The first-order valence-corrected chi connectivity index (χ1v) is 3.60.